The molecule has 1 saturated heterocycles. The molecule has 1 aromatic carbocycles. The first-order valence-electron chi connectivity index (χ1n) is 8.96. The maximum Gasteiger partial charge on any atom is 0.409 e. The summed E-state index contributed by atoms with van der Waals surface area (Å²) in [5.41, 5.74) is 5.47. The van der Waals surface area contributed by atoms with Crippen molar-refractivity contribution in [2.75, 3.05) is 29.9 Å². The Kier molecular flexibility index (Phi) is 5.59. The van der Waals surface area contributed by atoms with Gasteiger partial charge in [0, 0.05) is 5.92 Å². The van der Waals surface area contributed by atoms with Gasteiger partial charge in [0.05, 0.1) is 24.3 Å². The van der Waals surface area contributed by atoms with Gasteiger partial charge in [-0.3, -0.25) is 24.2 Å². The van der Waals surface area contributed by atoms with Crippen LogP contribution in [0.4, 0.5) is 24.5 Å². The number of primary amides is 1. The van der Waals surface area contributed by atoms with E-state index >= 15 is 0 Å². The van der Waals surface area contributed by atoms with Crippen LogP contribution >= 0.6 is 0 Å². The van der Waals surface area contributed by atoms with E-state index < -0.39 is 36.4 Å². The number of nitrogens with two attached hydrogens (primary N) is 1. The molecule has 10 heteroatoms. The molecule has 2 aliphatic rings. The van der Waals surface area contributed by atoms with Gasteiger partial charge in [0.1, 0.15) is 6.04 Å². The number of hydrogen-bond acceptors (Lipinski definition) is 4. The number of carbonyl (C=O) groups is 3. The lowest BCUT2D eigenvalue weighted by Crippen LogP contribution is -2.53. The van der Waals surface area contributed by atoms with Gasteiger partial charge in [-0.2, -0.15) is 13.2 Å². The van der Waals surface area contributed by atoms with E-state index in [4.69, 9.17) is 5.73 Å². The summed E-state index contributed by atoms with van der Waals surface area (Å²) >= 11 is 0. The van der Waals surface area contributed by atoms with Gasteiger partial charge in [-0.25, -0.2) is 0 Å². The molecule has 0 spiro atoms. The number of para-hydroxylation sites is 2. The van der Waals surface area contributed by atoms with E-state index in [0.717, 1.165) is 0 Å². The molecule has 3 amide bonds. The highest BCUT2D eigenvalue weighted by molar-refractivity contribution is 6.05. The Morgan fingerprint density at radius 2 is 1.82 bits per heavy atom. The van der Waals surface area contributed by atoms with Crippen molar-refractivity contribution in [3.8, 4) is 0 Å². The zero-order chi connectivity index (χ0) is 20.5. The van der Waals surface area contributed by atoms with Gasteiger partial charge in [0.2, 0.25) is 17.7 Å². The molecule has 1 fully saturated rings. The van der Waals surface area contributed by atoms with Crippen molar-refractivity contribution in [2.45, 2.75) is 31.5 Å². The van der Waals surface area contributed by atoms with Crippen LogP contribution < -0.4 is 16.0 Å². The zero-order valence-corrected chi connectivity index (χ0v) is 15.0. The quantitative estimate of drug-likeness (QED) is 0.807. The molecule has 7 nitrogen and oxygen atoms in total. The van der Waals surface area contributed by atoms with E-state index in [2.05, 4.69) is 5.32 Å². The molecule has 3 N–H and O–H groups in total. The third-order valence-corrected chi connectivity index (χ3v) is 5.12. The van der Waals surface area contributed by atoms with Crippen molar-refractivity contribution in [1.82, 2.24) is 4.90 Å². The first kappa shape index (κ1) is 20.1. The summed E-state index contributed by atoms with van der Waals surface area (Å²) in [5.74, 6) is -2.24. The summed E-state index contributed by atoms with van der Waals surface area (Å²) in [7, 11) is 0. The average molecular weight is 398 g/mol. The molecule has 0 aromatic heterocycles. The van der Waals surface area contributed by atoms with Crippen LogP contribution in [0.15, 0.2) is 24.3 Å². The van der Waals surface area contributed by atoms with E-state index in [0.29, 0.717) is 30.8 Å². The Morgan fingerprint density at radius 1 is 1.18 bits per heavy atom. The molecule has 2 aliphatic heterocycles. The summed E-state index contributed by atoms with van der Waals surface area (Å²) in [6.45, 7) is 0.548. The fourth-order valence-corrected chi connectivity index (χ4v) is 3.64. The molecule has 0 radical (unpaired) electrons. The number of hydrogen-bond donors (Lipinski definition) is 2. The van der Waals surface area contributed by atoms with Crippen LogP contribution in [0.25, 0.3) is 0 Å². The predicted octanol–water partition coefficient (Wildman–Crippen LogP) is 1.49. The van der Waals surface area contributed by atoms with Crippen molar-refractivity contribution in [2.24, 2.45) is 11.7 Å². The van der Waals surface area contributed by atoms with Gasteiger partial charge in [-0.05, 0) is 38.1 Å². The van der Waals surface area contributed by atoms with E-state index in [1.807, 2.05) is 0 Å². The Labute approximate surface area is 159 Å². The van der Waals surface area contributed by atoms with Crippen LogP contribution in [0.5, 0.6) is 0 Å². The number of piperidine rings is 1. The normalized spacial score (nSPS) is 21.6. The van der Waals surface area contributed by atoms with Gasteiger partial charge in [-0.1, -0.05) is 12.1 Å². The van der Waals surface area contributed by atoms with E-state index in [-0.39, 0.29) is 23.8 Å². The third kappa shape index (κ3) is 4.27. The first-order chi connectivity index (χ1) is 13.2. The van der Waals surface area contributed by atoms with Crippen LogP contribution in [-0.2, 0) is 14.4 Å². The van der Waals surface area contributed by atoms with Crippen molar-refractivity contribution in [3.05, 3.63) is 24.3 Å². The molecule has 152 valence electrons. The summed E-state index contributed by atoms with van der Waals surface area (Å²) in [6, 6.07) is 3.69. The lowest BCUT2D eigenvalue weighted by molar-refractivity contribution is -0.158. The van der Waals surface area contributed by atoms with Crippen LogP contribution in [0.1, 0.15) is 19.3 Å². The number of nitrogens with zero attached hydrogens (tertiary/aromatic N) is 2. The highest BCUT2D eigenvalue weighted by Crippen LogP contribution is 2.37. The van der Waals surface area contributed by atoms with Crippen molar-refractivity contribution < 1.29 is 27.6 Å². The average Bonchev–Trinajstić information content (AvgIpc) is 2.77. The zero-order valence-electron chi connectivity index (χ0n) is 15.0. The SMILES string of the molecule is NC(=O)C1CCN(CC(=O)N2c3ccccc3NC(=O)CC2C(F)(F)F)CC1. The van der Waals surface area contributed by atoms with Gasteiger partial charge < -0.3 is 11.1 Å². The lowest BCUT2D eigenvalue weighted by atomic mass is 9.96. The summed E-state index contributed by atoms with van der Waals surface area (Å²) in [5, 5.41) is 2.43. The van der Waals surface area contributed by atoms with Crippen molar-refractivity contribution in [1.29, 1.82) is 0 Å². The number of likely N-dealkylation sites (tertiary alicyclic amines) is 1. The molecule has 1 atom stereocenters. The van der Waals surface area contributed by atoms with Gasteiger partial charge in [0.15, 0.2) is 0 Å². The number of alkyl halides is 3. The summed E-state index contributed by atoms with van der Waals surface area (Å²) < 4.78 is 41.0. The fourth-order valence-electron chi connectivity index (χ4n) is 3.64. The van der Waals surface area contributed by atoms with E-state index in [9.17, 15) is 27.6 Å². The topological polar surface area (TPSA) is 95.7 Å². The molecule has 1 aromatic rings. The van der Waals surface area contributed by atoms with Gasteiger partial charge in [-0.15, -0.1) is 0 Å². The number of amides is 3. The lowest BCUT2D eigenvalue weighted by Gasteiger charge is -2.35. The highest BCUT2D eigenvalue weighted by Gasteiger charge is 2.49. The van der Waals surface area contributed by atoms with Crippen molar-refractivity contribution in [3.63, 3.8) is 0 Å². The second kappa shape index (κ2) is 7.78. The minimum atomic E-state index is -4.76. The molecule has 0 bridgehead atoms. The summed E-state index contributed by atoms with van der Waals surface area (Å²) in [6.07, 6.45) is -4.71. The molecular weight excluding hydrogens is 377 g/mol. The summed E-state index contributed by atoms with van der Waals surface area (Å²) in [4.78, 5) is 38.5. The van der Waals surface area contributed by atoms with Crippen LogP contribution in [-0.4, -0.2) is 54.5 Å². The van der Waals surface area contributed by atoms with Gasteiger partial charge in [0.25, 0.3) is 0 Å². The van der Waals surface area contributed by atoms with Crippen molar-refractivity contribution >= 4 is 29.1 Å². The standard InChI is InChI=1S/C18H21F3N4O3/c19-18(20,21)14-9-15(26)23-12-3-1-2-4-13(12)25(14)16(27)10-24-7-5-11(6-8-24)17(22)28/h1-4,11,14H,5-10H2,(H2,22,28)(H,23,26). The molecule has 2 heterocycles. The van der Waals surface area contributed by atoms with E-state index in [1.54, 1.807) is 11.0 Å². The Bertz CT molecular complexity index is 776. The van der Waals surface area contributed by atoms with Crippen LogP contribution in [0.2, 0.25) is 0 Å². The fraction of sp³-hybridized carbons (Fsp3) is 0.500. The first-order valence-corrected chi connectivity index (χ1v) is 8.96. The number of anilines is 2. The number of fused-ring (bicyclic) bond motifs is 1. The third-order valence-electron chi connectivity index (χ3n) is 5.12. The molecule has 3 rings (SSSR count). The molecular formula is C18H21F3N4O3. The Morgan fingerprint density at radius 3 is 2.43 bits per heavy atom. The van der Waals surface area contributed by atoms with Crippen LogP contribution in [0.3, 0.4) is 0 Å². The van der Waals surface area contributed by atoms with E-state index in [1.165, 1.54) is 18.2 Å². The maximum atomic E-state index is 13.7. The monoisotopic (exact) mass is 398 g/mol. The maximum absolute atomic E-state index is 13.7. The molecule has 28 heavy (non-hydrogen) atoms. The second-order valence-corrected chi connectivity index (χ2v) is 7.04. The Balaban J connectivity index is 1.84. The molecule has 1 unspecified atom stereocenters. The molecule has 0 aliphatic carbocycles. The Hall–Kier alpha value is -2.62. The number of nitrogens with one attached hydrogen (secondary N) is 1. The smallest absolute Gasteiger partial charge is 0.369 e. The number of rotatable bonds is 3. The number of carbonyl (C=O) groups excluding carboxylic acids is 3. The minimum absolute atomic E-state index is 0.0210. The molecule has 0 saturated carbocycles. The second-order valence-electron chi connectivity index (χ2n) is 7.04. The number of benzene rings is 1. The van der Waals surface area contributed by atoms with Gasteiger partial charge >= 0.3 is 6.18 Å². The minimum Gasteiger partial charge on any atom is -0.369 e. The van der Waals surface area contributed by atoms with Crippen LogP contribution in [0, 0.1) is 5.92 Å². The number of halogens is 3. The predicted molar refractivity (Wildman–Crippen MR) is 95.4 cm³/mol. The highest BCUT2D eigenvalue weighted by atomic mass is 19.4. The largest absolute Gasteiger partial charge is 0.409 e.